The average Bonchev–Trinajstić information content (AvgIpc) is 2.36. The lowest BCUT2D eigenvalue weighted by Gasteiger charge is -2.00. The number of azide groups is 1. The Bertz CT molecular complexity index is 635. The van der Waals surface area contributed by atoms with Crippen LogP contribution in [0.4, 0.5) is 0 Å². The second-order valence-corrected chi connectivity index (χ2v) is 3.43. The maximum Gasteiger partial charge on any atom is 0.242 e. The van der Waals surface area contributed by atoms with Crippen LogP contribution in [0.5, 0.6) is 0 Å². The summed E-state index contributed by atoms with van der Waals surface area (Å²) in [5.74, 6) is -0.597. The van der Waals surface area contributed by atoms with E-state index in [1.807, 2.05) is 42.5 Å². The molecule has 0 bridgehead atoms. The molecule has 0 unspecified atom stereocenters. The molecule has 0 fully saturated rings. The van der Waals surface area contributed by atoms with Gasteiger partial charge in [0.1, 0.15) is 0 Å². The number of hydrogen-bond donors (Lipinski definition) is 0. The van der Waals surface area contributed by atoms with Crippen molar-refractivity contribution in [2.45, 2.75) is 0 Å². The first-order valence-electron chi connectivity index (χ1n) is 5.06. The first kappa shape index (κ1) is 10.9. The highest BCUT2D eigenvalue weighted by atomic mass is 16.1. The van der Waals surface area contributed by atoms with Gasteiger partial charge >= 0.3 is 0 Å². The molecule has 0 heterocycles. The highest BCUT2D eigenvalue weighted by Gasteiger charge is 1.97. The minimum Gasteiger partial charge on any atom is -0.288 e. The van der Waals surface area contributed by atoms with E-state index < -0.39 is 5.91 Å². The molecule has 2 aromatic rings. The van der Waals surface area contributed by atoms with E-state index in [0.29, 0.717) is 0 Å². The van der Waals surface area contributed by atoms with Crippen molar-refractivity contribution in [3.8, 4) is 0 Å². The molecule has 1 amide bonds. The summed E-state index contributed by atoms with van der Waals surface area (Å²) in [5.41, 5.74) is 9.03. The van der Waals surface area contributed by atoms with E-state index in [4.69, 9.17) is 5.53 Å². The summed E-state index contributed by atoms with van der Waals surface area (Å²) < 4.78 is 0. The van der Waals surface area contributed by atoms with Crippen LogP contribution in [0.3, 0.4) is 0 Å². The normalized spacial score (nSPS) is 10.4. The van der Waals surface area contributed by atoms with Gasteiger partial charge in [0.2, 0.25) is 5.91 Å². The molecule has 0 aliphatic rings. The predicted octanol–water partition coefficient (Wildman–Crippen LogP) is 3.69. The molecule has 0 saturated heterocycles. The van der Waals surface area contributed by atoms with Crippen LogP contribution in [0.1, 0.15) is 5.56 Å². The average molecular weight is 223 g/mol. The summed E-state index contributed by atoms with van der Waals surface area (Å²) in [6, 6.07) is 13.7. The monoisotopic (exact) mass is 223 g/mol. The number of carbonyl (C=O) groups is 1. The van der Waals surface area contributed by atoms with E-state index in [2.05, 4.69) is 10.0 Å². The molecule has 0 aliphatic heterocycles. The van der Waals surface area contributed by atoms with Crippen LogP contribution in [-0.2, 0) is 4.79 Å². The highest BCUT2D eigenvalue weighted by Crippen LogP contribution is 2.19. The smallest absolute Gasteiger partial charge is 0.242 e. The van der Waals surface area contributed by atoms with Crippen molar-refractivity contribution in [2.24, 2.45) is 5.11 Å². The summed E-state index contributed by atoms with van der Waals surface area (Å²) in [7, 11) is 0. The van der Waals surface area contributed by atoms with Crippen molar-refractivity contribution < 1.29 is 4.79 Å². The Hall–Kier alpha value is -2.58. The molecule has 17 heavy (non-hydrogen) atoms. The summed E-state index contributed by atoms with van der Waals surface area (Å²) in [6.07, 6.45) is 2.92. The molecule has 0 radical (unpaired) electrons. The topological polar surface area (TPSA) is 65.8 Å². The fraction of sp³-hybridized carbons (Fsp3) is 0. The van der Waals surface area contributed by atoms with E-state index >= 15 is 0 Å². The Morgan fingerprint density at radius 1 is 1.18 bits per heavy atom. The molecule has 0 spiro atoms. The largest absolute Gasteiger partial charge is 0.288 e. The lowest BCUT2D eigenvalue weighted by atomic mass is 10.0. The highest BCUT2D eigenvalue weighted by molar-refractivity contribution is 5.96. The maximum atomic E-state index is 11.0. The number of hydrogen-bond acceptors (Lipinski definition) is 1. The summed E-state index contributed by atoms with van der Waals surface area (Å²) in [5, 5.41) is 5.13. The zero-order valence-corrected chi connectivity index (χ0v) is 8.95. The van der Waals surface area contributed by atoms with Crippen LogP contribution in [0.25, 0.3) is 27.3 Å². The van der Waals surface area contributed by atoms with Gasteiger partial charge in [-0.2, -0.15) is 0 Å². The second kappa shape index (κ2) is 4.96. The lowest BCUT2D eigenvalue weighted by molar-refractivity contribution is -0.113. The molecular weight excluding hydrogens is 214 g/mol. The van der Waals surface area contributed by atoms with Crippen LogP contribution in [-0.4, -0.2) is 5.91 Å². The molecule has 0 N–H and O–H groups in total. The lowest BCUT2D eigenvalue weighted by Crippen LogP contribution is -1.83. The standard InChI is InChI=1S/C13H9N3O/c14-16-15-13(17)9-8-11-6-3-5-10-4-1-2-7-12(10)11/h1-9H. The quantitative estimate of drug-likeness (QED) is 0.331. The molecule has 82 valence electrons. The molecule has 2 aromatic carbocycles. The fourth-order valence-corrected chi connectivity index (χ4v) is 1.63. The molecular formula is C13H9N3O. The Balaban J connectivity index is 2.42. The minimum atomic E-state index is -0.597. The van der Waals surface area contributed by atoms with Gasteiger partial charge < -0.3 is 0 Å². The maximum absolute atomic E-state index is 11.0. The van der Waals surface area contributed by atoms with Crippen LogP contribution in [0.15, 0.2) is 53.7 Å². The van der Waals surface area contributed by atoms with E-state index in [0.717, 1.165) is 16.3 Å². The molecule has 0 aromatic heterocycles. The number of rotatable bonds is 2. The van der Waals surface area contributed by atoms with Gasteiger partial charge in [-0.1, -0.05) is 48.5 Å². The van der Waals surface area contributed by atoms with Gasteiger partial charge in [0.25, 0.3) is 0 Å². The zero-order valence-electron chi connectivity index (χ0n) is 8.95. The van der Waals surface area contributed by atoms with E-state index in [-0.39, 0.29) is 0 Å². The van der Waals surface area contributed by atoms with Gasteiger partial charge in [0.15, 0.2) is 0 Å². The molecule has 0 atom stereocenters. The number of nitrogens with zero attached hydrogens (tertiary/aromatic N) is 3. The van der Waals surface area contributed by atoms with Crippen molar-refractivity contribution in [2.75, 3.05) is 0 Å². The van der Waals surface area contributed by atoms with Crippen molar-refractivity contribution in [1.82, 2.24) is 0 Å². The number of fused-ring (bicyclic) bond motifs is 1. The third-order valence-electron chi connectivity index (χ3n) is 2.37. The molecule has 4 heteroatoms. The number of amides is 1. The van der Waals surface area contributed by atoms with E-state index in [9.17, 15) is 4.79 Å². The van der Waals surface area contributed by atoms with Crippen molar-refractivity contribution in [3.05, 3.63) is 64.5 Å². The minimum absolute atomic E-state index is 0.597. The van der Waals surface area contributed by atoms with Crippen LogP contribution in [0, 0.1) is 0 Å². The van der Waals surface area contributed by atoms with Gasteiger partial charge in [0.05, 0.1) is 0 Å². The van der Waals surface area contributed by atoms with Crippen LogP contribution in [0.2, 0.25) is 0 Å². The predicted molar refractivity (Wildman–Crippen MR) is 67.1 cm³/mol. The van der Waals surface area contributed by atoms with Crippen molar-refractivity contribution in [1.29, 1.82) is 0 Å². The summed E-state index contributed by atoms with van der Waals surface area (Å²) >= 11 is 0. The van der Waals surface area contributed by atoms with Crippen molar-refractivity contribution >= 4 is 22.8 Å². The number of benzene rings is 2. The summed E-state index contributed by atoms with van der Waals surface area (Å²) in [4.78, 5) is 13.5. The van der Waals surface area contributed by atoms with Gasteiger partial charge in [0, 0.05) is 4.91 Å². The van der Waals surface area contributed by atoms with E-state index in [1.54, 1.807) is 6.08 Å². The second-order valence-electron chi connectivity index (χ2n) is 3.43. The first-order chi connectivity index (χ1) is 8.31. The SMILES string of the molecule is [N-]=[N+]=NC(=O)C=Cc1cccc2ccccc12. The number of carbonyl (C=O) groups excluding carboxylic acids is 1. The van der Waals surface area contributed by atoms with Gasteiger partial charge in [-0.25, -0.2) is 0 Å². The Morgan fingerprint density at radius 2 is 1.94 bits per heavy atom. The van der Waals surface area contributed by atoms with E-state index in [1.165, 1.54) is 6.08 Å². The van der Waals surface area contributed by atoms with Crippen LogP contribution < -0.4 is 0 Å². The summed E-state index contributed by atoms with van der Waals surface area (Å²) in [6.45, 7) is 0. The first-order valence-corrected chi connectivity index (χ1v) is 5.06. The van der Waals surface area contributed by atoms with Crippen LogP contribution >= 0.6 is 0 Å². The Kier molecular flexibility index (Phi) is 3.19. The molecule has 0 aliphatic carbocycles. The van der Waals surface area contributed by atoms with Gasteiger partial charge in [-0.05, 0) is 33.1 Å². The third-order valence-corrected chi connectivity index (χ3v) is 2.37. The van der Waals surface area contributed by atoms with Crippen molar-refractivity contribution in [3.63, 3.8) is 0 Å². The van der Waals surface area contributed by atoms with Gasteiger partial charge in [-0.3, -0.25) is 4.79 Å². The Labute approximate surface area is 97.8 Å². The third kappa shape index (κ3) is 2.51. The molecule has 4 nitrogen and oxygen atoms in total. The molecule has 0 saturated carbocycles. The zero-order chi connectivity index (χ0) is 12.1. The van der Waals surface area contributed by atoms with Gasteiger partial charge in [-0.15, -0.1) is 0 Å². The fourth-order valence-electron chi connectivity index (χ4n) is 1.63. The Morgan fingerprint density at radius 3 is 2.76 bits per heavy atom. The molecule has 2 rings (SSSR count).